The lowest BCUT2D eigenvalue weighted by Gasteiger charge is -2.17. The van der Waals surface area contributed by atoms with Gasteiger partial charge in [0.1, 0.15) is 22.9 Å². The van der Waals surface area contributed by atoms with Gasteiger partial charge in [0.25, 0.3) is 40.4 Å². The minimum atomic E-state index is -3.60. The van der Waals surface area contributed by atoms with Crippen molar-refractivity contribution < 1.29 is 49.3 Å². The van der Waals surface area contributed by atoms with Gasteiger partial charge in [0.15, 0.2) is 11.4 Å². The number of methoxy groups -OCH3 is 1. The number of alkyl halides is 8. The third-order valence-electron chi connectivity index (χ3n) is 8.75. The minimum Gasteiger partial charge on any atom is -0.480 e. The van der Waals surface area contributed by atoms with E-state index >= 15 is 0 Å². The van der Waals surface area contributed by atoms with E-state index in [0.29, 0.717) is 27.7 Å². The lowest BCUT2D eigenvalue weighted by molar-refractivity contribution is 0.00935. The number of ether oxygens (including phenoxy) is 3. The molecule has 16 nitrogen and oxygen atoms in total. The Bertz CT molecular complexity index is 3120. The van der Waals surface area contributed by atoms with Crippen LogP contribution in [0.2, 0.25) is 10.0 Å². The molecule has 67 heavy (non-hydrogen) atoms. The standard InChI is InChI=1S/C21H16ClF4N5O3.C20H14ClF4N5O3/c1-20(23,24)15-6-12(18(33-3)30-29-15)9-31-10-28-17(21(2,25)26)16(19(31)32)34-14-5-11(8-27)4-13(22)7-14;1-19(22,23)14-5-11(17(31)29-28-14)8-30-9-27-16(20(2,24)25)15(18(30)32)33-13-4-10(7-26)3-12(21)6-13/h4-7,10H,9H2,1-3H3;3-6,9H,8H2,1-2H3,(H,29,31). The van der Waals surface area contributed by atoms with E-state index in [1.54, 1.807) is 6.07 Å². The molecule has 6 aromatic rings. The van der Waals surface area contributed by atoms with Gasteiger partial charge in [-0.25, -0.2) is 15.1 Å². The van der Waals surface area contributed by atoms with Gasteiger partial charge in [-0.3, -0.25) is 23.5 Å². The van der Waals surface area contributed by atoms with E-state index in [-0.39, 0.29) is 49.7 Å². The summed E-state index contributed by atoms with van der Waals surface area (Å²) in [4.78, 5) is 45.3. The fraction of sp³-hybridized carbons (Fsp3) is 0.268. The summed E-state index contributed by atoms with van der Waals surface area (Å²) in [5.41, 5.74) is -6.60. The van der Waals surface area contributed by atoms with Crippen LogP contribution in [-0.2, 0) is 36.8 Å². The molecule has 0 unspecified atom stereocenters. The molecular weight excluding hydrogens is 951 g/mol. The van der Waals surface area contributed by atoms with Crippen LogP contribution >= 0.6 is 23.2 Å². The maximum atomic E-state index is 14.2. The Morgan fingerprint density at radius 1 is 0.627 bits per heavy atom. The summed E-state index contributed by atoms with van der Waals surface area (Å²) in [6.45, 7) is 1.20. The van der Waals surface area contributed by atoms with Crippen LogP contribution in [0.1, 0.15) is 72.7 Å². The van der Waals surface area contributed by atoms with Crippen molar-refractivity contribution in [2.75, 3.05) is 7.11 Å². The van der Waals surface area contributed by atoms with Gasteiger partial charge in [-0.15, -0.1) is 10.2 Å². The summed E-state index contributed by atoms with van der Waals surface area (Å²) in [5.74, 6) is -16.1. The molecule has 0 saturated carbocycles. The first-order chi connectivity index (χ1) is 31.1. The molecule has 0 saturated heterocycles. The zero-order valence-electron chi connectivity index (χ0n) is 34.9. The largest absolute Gasteiger partial charge is 0.480 e. The van der Waals surface area contributed by atoms with Gasteiger partial charge in [0, 0.05) is 48.9 Å². The van der Waals surface area contributed by atoms with E-state index in [9.17, 15) is 49.5 Å². The first-order valence-corrected chi connectivity index (χ1v) is 19.4. The summed E-state index contributed by atoms with van der Waals surface area (Å²) in [6, 6.07) is 12.8. The summed E-state index contributed by atoms with van der Waals surface area (Å²) < 4.78 is 129. The fourth-order valence-corrected chi connectivity index (χ4v) is 6.11. The SMILES string of the molecule is CC(F)(F)c1cc(Cn2cnc(C(C)(F)F)c(Oc3cc(Cl)cc(C#N)c3)c2=O)c(=O)[nH]n1.COc1nnc(C(C)(F)F)cc1Cn1cnc(C(C)(F)F)c(Oc2cc(Cl)cc(C#N)c2)c1=O. The number of halogens is 10. The average molecular weight is 982 g/mol. The first kappa shape index (κ1) is 50.6. The van der Waals surface area contributed by atoms with Crippen LogP contribution in [0.4, 0.5) is 35.1 Å². The number of hydrogen-bond acceptors (Lipinski definition) is 13. The van der Waals surface area contributed by atoms with Crippen molar-refractivity contribution in [3.8, 4) is 41.0 Å². The summed E-state index contributed by atoms with van der Waals surface area (Å²) in [7, 11) is 1.22. The van der Waals surface area contributed by atoms with Crippen molar-refractivity contribution >= 4 is 23.2 Å². The summed E-state index contributed by atoms with van der Waals surface area (Å²) in [5, 5.41) is 30.4. The lowest BCUT2D eigenvalue weighted by Crippen LogP contribution is -2.29. The number of nitrogens with one attached hydrogen (secondary N) is 1. The Morgan fingerprint density at radius 2 is 1.06 bits per heavy atom. The molecule has 0 aliphatic heterocycles. The van der Waals surface area contributed by atoms with Gasteiger partial charge in [-0.2, -0.15) is 50.7 Å². The van der Waals surface area contributed by atoms with Crippen LogP contribution in [0.5, 0.6) is 28.9 Å². The Hall–Kier alpha value is -7.44. The second-order valence-electron chi connectivity index (χ2n) is 14.4. The number of nitrogens with zero attached hydrogens (tertiary/aromatic N) is 9. The fourth-order valence-electron chi connectivity index (χ4n) is 5.66. The lowest BCUT2D eigenvalue weighted by atomic mass is 10.2. The van der Waals surface area contributed by atoms with Crippen LogP contribution in [0.25, 0.3) is 0 Å². The molecule has 6 rings (SSSR count). The second kappa shape index (κ2) is 19.6. The Morgan fingerprint density at radius 3 is 1.46 bits per heavy atom. The normalized spacial score (nSPS) is 11.8. The van der Waals surface area contributed by atoms with E-state index in [1.807, 2.05) is 11.2 Å². The number of aromatic nitrogens is 8. The second-order valence-corrected chi connectivity index (χ2v) is 15.3. The van der Waals surface area contributed by atoms with Crippen molar-refractivity contribution in [1.29, 1.82) is 10.5 Å². The van der Waals surface area contributed by atoms with E-state index in [4.69, 9.17) is 47.9 Å². The summed E-state index contributed by atoms with van der Waals surface area (Å²) in [6.07, 6.45) is 1.56. The van der Waals surface area contributed by atoms with Gasteiger partial charge < -0.3 is 14.2 Å². The van der Waals surface area contributed by atoms with E-state index < -0.39 is 87.7 Å². The number of rotatable bonds is 13. The van der Waals surface area contributed by atoms with E-state index in [2.05, 4.69) is 25.3 Å². The minimum absolute atomic E-state index is 0.0226. The Labute approximate surface area is 381 Å². The smallest absolute Gasteiger partial charge is 0.297 e. The monoisotopic (exact) mass is 980 g/mol. The molecule has 1 N–H and O–H groups in total. The molecule has 26 heteroatoms. The molecule has 0 aliphatic carbocycles. The molecule has 0 amide bonds. The zero-order valence-corrected chi connectivity index (χ0v) is 36.5. The van der Waals surface area contributed by atoms with Crippen molar-refractivity contribution in [2.24, 2.45) is 0 Å². The molecule has 0 fully saturated rings. The van der Waals surface area contributed by atoms with Crippen molar-refractivity contribution in [3.05, 3.63) is 147 Å². The van der Waals surface area contributed by atoms with Crippen LogP contribution in [-0.4, -0.2) is 46.6 Å². The molecule has 0 radical (unpaired) electrons. The third-order valence-corrected chi connectivity index (χ3v) is 9.19. The van der Waals surface area contributed by atoms with Crippen LogP contribution in [0.3, 0.4) is 0 Å². The van der Waals surface area contributed by atoms with E-state index in [0.717, 1.165) is 33.9 Å². The third kappa shape index (κ3) is 12.5. The van der Waals surface area contributed by atoms with E-state index in [1.165, 1.54) is 43.5 Å². The number of aromatic amines is 1. The maximum absolute atomic E-state index is 14.2. The number of H-pyrrole nitrogens is 1. The van der Waals surface area contributed by atoms with Gasteiger partial charge >= 0.3 is 0 Å². The molecule has 4 aromatic heterocycles. The van der Waals surface area contributed by atoms with Crippen molar-refractivity contribution in [3.63, 3.8) is 0 Å². The van der Waals surface area contributed by atoms with Gasteiger partial charge in [0.05, 0.1) is 56.1 Å². The van der Waals surface area contributed by atoms with Crippen molar-refractivity contribution in [1.82, 2.24) is 39.5 Å². The quantitative estimate of drug-likeness (QED) is 0.107. The molecule has 0 aliphatic rings. The van der Waals surface area contributed by atoms with Crippen LogP contribution in [0, 0.1) is 22.7 Å². The highest BCUT2D eigenvalue weighted by Crippen LogP contribution is 2.36. The summed E-state index contributed by atoms with van der Waals surface area (Å²) >= 11 is 11.8. The highest BCUT2D eigenvalue weighted by Gasteiger charge is 2.36. The molecule has 350 valence electrons. The highest BCUT2D eigenvalue weighted by molar-refractivity contribution is 6.31. The molecule has 4 heterocycles. The predicted molar refractivity (Wildman–Crippen MR) is 219 cm³/mol. The number of nitriles is 2. The molecule has 0 spiro atoms. The van der Waals surface area contributed by atoms with Crippen molar-refractivity contribution in [2.45, 2.75) is 64.5 Å². The topological polar surface area (TPSA) is 217 Å². The Balaban J connectivity index is 0.000000251. The number of benzene rings is 2. The average Bonchev–Trinajstić information content (AvgIpc) is 3.22. The van der Waals surface area contributed by atoms with Gasteiger partial charge in [0.2, 0.25) is 17.4 Å². The first-order valence-electron chi connectivity index (χ1n) is 18.6. The zero-order chi connectivity index (χ0) is 49.8. The Kier molecular flexibility index (Phi) is 14.8. The predicted octanol–water partition coefficient (Wildman–Crippen LogP) is 8.55. The van der Waals surface area contributed by atoms with Crippen LogP contribution < -0.4 is 30.9 Å². The number of hydrogen-bond donors (Lipinski definition) is 1. The van der Waals surface area contributed by atoms with Gasteiger partial charge in [-0.05, 0) is 48.5 Å². The molecule has 2 aromatic carbocycles. The maximum Gasteiger partial charge on any atom is 0.297 e. The molecule has 0 bridgehead atoms. The molecule has 0 atom stereocenters. The van der Waals surface area contributed by atoms with Crippen LogP contribution in [0.15, 0.2) is 75.6 Å². The van der Waals surface area contributed by atoms with Gasteiger partial charge in [-0.1, -0.05) is 23.2 Å². The highest BCUT2D eigenvalue weighted by atomic mass is 35.5. The molecular formula is C41H30Cl2F8N10O6.